The Balaban J connectivity index is 1.93. The average Bonchev–Trinajstić information content (AvgIpc) is 2.75. The number of hydrogen-bond donors (Lipinski definition) is 1. The molecule has 2 rings (SSSR count). The monoisotopic (exact) mass is 249 g/mol. The van der Waals surface area contributed by atoms with Gasteiger partial charge in [0.2, 0.25) is 0 Å². The summed E-state index contributed by atoms with van der Waals surface area (Å²) < 4.78 is 9.35. The highest BCUT2D eigenvalue weighted by Gasteiger charge is 2.04. The first-order valence-corrected chi connectivity index (χ1v) is 6.35. The van der Waals surface area contributed by atoms with E-state index in [9.17, 15) is 0 Å². The topological polar surface area (TPSA) is 61.0 Å². The van der Waals surface area contributed by atoms with Crippen LogP contribution in [-0.2, 0) is 13.0 Å². The number of hydrogen-bond acceptors (Lipinski definition) is 5. The maximum absolute atomic E-state index is 5.68. The van der Waals surface area contributed by atoms with Crippen LogP contribution in [0.2, 0.25) is 0 Å². The van der Waals surface area contributed by atoms with Gasteiger partial charge in [-0.15, -0.1) is 5.10 Å². The predicted molar refractivity (Wildman–Crippen MR) is 69.1 cm³/mol. The second-order valence-corrected chi connectivity index (χ2v) is 4.55. The number of aryl methyl sites for hydroxylation is 1. The molecule has 0 unspecified atom stereocenters. The van der Waals surface area contributed by atoms with Gasteiger partial charge < -0.3 is 10.5 Å². The van der Waals surface area contributed by atoms with E-state index in [-0.39, 0.29) is 0 Å². The van der Waals surface area contributed by atoms with E-state index < -0.39 is 0 Å². The van der Waals surface area contributed by atoms with E-state index in [2.05, 4.69) is 28.6 Å². The first kappa shape index (κ1) is 11.9. The fourth-order valence-electron chi connectivity index (χ4n) is 1.51. The molecule has 0 saturated heterocycles. The minimum absolute atomic E-state index is 0.370. The first-order valence-electron chi connectivity index (χ1n) is 5.58. The Bertz CT molecular complexity index is 467. The highest BCUT2D eigenvalue weighted by atomic mass is 32.1. The van der Waals surface area contributed by atoms with E-state index in [0.29, 0.717) is 17.3 Å². The van der Waals surface area contributed by atoms with Crippen molar-refractivity contribution in [3.05, 3.63) is 35.5 Å². The fourth-order valence-corrected chi connectivity index (χ4v) is 1.94. The zero-order valence-corrected chi connectivity index (χ0v) is 10.5. The molecule has 0 radical (unpaired) electrons. The lowest BCUT2D eigenvalue weighted by atomic mass is 10.1. The molecule has 1 aromatic heterocycles. The SMILES string of the molecule is CCCc1ccc(OCc2nnsc2N)cc1. The minimum atomic E-state index is 0.370. The lowest BCUT2D eigenvalue weighted by Crippen LogP contribution is -1.99. The van der Waals surface area contributed by atoms with Crippen LogP contribution < -0.4 is 10.5 Å². The summed E-state index contributed by atoms with van der Waals surface area (Å²) in [5.41, 5.74) is 7.71. The smallest absolute Gasteiger partial charge is 0.136 e. The fraction of sp³-hybridized carbons (Fsp3) is 0.333. The van der Waals surface area contributed by atoms with Crippen molar-refractivity contribution in [1.29, 1.82) is 0 Å². The van der Waals surface area contributed by atoms with Gasteiger partial charge in [0.05, 0.1) is 0 Å². The third-order valence-corrected chi connectivity index (χ3v) is 3.02. The van der Waals surface area contributed by atoms with Crippen molar-refractivity contribution in [3.63, 3.8) is 0 Å². The molecule has 2 aromatic rings. The lowest BCUT2D eigenvalue weighted by molar-refractivity contribution is 0.302. The van der Waals surface area contributed by atoms with Crippen LogP contribution >= 0.6 is 11.5 Å². The summed E-state index contributed by atoms with van der Waals surface area (Å²) in [4.78, 5) is 0. The molecule has 0 aliphatic carbocycles. The number of ether oxygens (including phenoxy) is 1. The Labute approximate surface area is 105 Å². The molecule has 0 fully saturated rings. The lowest BCUT2D eigenvalue weighted by Gasteiger charge is -2.05. The predicted octanol–water partition coefficient (Wildman–Crippen LogP) is 2.65. The second-order valence-electron chi connectivity index (χ2n) is 3.77. The van der Waals surface area contributed by atoms with Crippen LogP contribution in [0.1, 0.15) is 24.6 Å². The second kappa shape index (κ2) is 5.63. The largest absolute Gasteiger partial charge is 0.487 e. The quantitative estimate of drug-likeness (QED) is 0.885. The molecule has 1 heterocycles. The molecule has 17 heavy (non-hydrogen) atoms. The number of anilines is 1. The molecule has 0 aliphatic rings. The average molecular weight is 249 g/mol. The Hall–Kier alpha value is -1.62. The van der Waals surface area contributed by atoms with Gasteiger partial charge >= 0.3 is 0 Å². The van der Waals surface area contributed by atoms with E-state index in [0.717, 1.165) is 18.6 Å². The summed E-state index contributed by atoms with van der Waals surface area (Å²) >= 11 is 1.19. The number of nitrogens with two attached hydrogens (primary N) is 1. The molecule has 4 nitrogen and oxygen atoms in total. The molecule has 1 aromatic carbocycles. The highest BCUT2D eigenvalue weighted by Crippen LogP contribution is 2.17. The van der Waals surface area contributed by atoms with Crippen LogP contribution in [0, 0.1) is 0 Å². The zero-order chi connectivity index (χ0) is 12.1. The van der Waals surface area contributed by atoms with Crippen LogP contribution in [0.25, 0.3) is 0 Å². The third-order valence-electron chi connectivity index (χ3n) is 2.42. The summed E-state index contributed by atoms with van der Waals surface area (Å²) in [6, 6.07) is 8.12. The van der Waals surface area contributed by atoms with E-state index in [1.165, 1.54) is 17.1 Å². The number of rotatable bonds is 5. The molecular formula is C12H15N3OS. The Kier molecular flexibility index (Phi) is 3.93. The van der Waals surface area contributed by atoms with Gasteiger partial charge in [-0.25, -0.2) is 0 Å². The molecule has 0 atom stereocenters. The van der Waals surface area contributed by atoms with Gasteiger partial charge in [0.15, 0.2) is 0 Å². The number of nitrogens with zero attached hydrogens (tertiary/aromatic N) is 2. The molecule has 0 aliphatic heterocycles. The number of benzene rings is 1. The molecule has 5 heteroatoms. The van der Waals surface area contributed by atoms with Gasteiger partial charge in [0.25, 0.3) is 0 Å². The molecule has 90 valence electrons. The van der Waals surface area contributed by atoms with Gasteiger partial charge in [0, 0.05) is 11.5 Å². The van der Waals surface area contributed by atoms with Crippen LogP contribution in [0.5, 0.6) is 5.75 Å². The van der Waals surface area contributed by atoms with E-state index >= 15 is 0 Å². The Morgan fingerprint density at radius 3 is 2.65 bits per heavy atom. The summed E-state index contributed by atoms with van der Waals surface area (Å²) in [7, 11) is 0. The summed E-state index contributed by atoms with van der Waals surface area (Å²) in [5, 5.41) is 4.51. The summed E-state index contributed by atoms with van der Waals surface area (Å²) in [6.45, 7) is 2.54. The highest BCUT2D eigenvalue weighted by molar-refractivity contribution is 7.09. The van der Waals surface area contributed by atoms with Gasteiger partial charge in [-0.05, 0) is 24.1 Å². The molecule has 2 N–H and O–H groups in total. The van der Waals surface area contributed by atoms with Crippen molar-refractivity contribution in [2.45, 2.75) is 26.4 Å². The van der Waals surface area contributed by atoms with Crippen molar-refractivity contribution in [1.82, 2.24) is 9.59 Å². The standard InChI is InChI=1S/C12H15N3OS/c1-2-3-9-4-6-10(7-5-9)16-8-11-12(13)17-15-14-11/h4-7H,2-3,8,13H2,1H3. The van der Waals surface area contributed by atoms with E-state index in [1.54, 1.807) is 0 Å². The number of aromatic nitrogens is 2. The summed E-state index contributed by atoms with van der Waals surface area (Å²) in [6.07, 6.45) is 2.25. The molecule has 0 saturated carbocycles. The molecule has 0 bridgehead atoms. The van der Waals surface area contributed by atoms with Crippen molar-refractivity contribution < 1.29 is 4.74 Å². The van der Waals surface area contributed by atoms with Gasteiger partial charge in [-0.2, -0.15) is 0 Å². The van der Waals surface area contributed by atoms with Crippen LogP contribution in [-0.4, -0.2) is 9.59 Å². The minimum Gasteiger partial charge on any atom is -0.487 e. The third kappa shape index (κ3) is 3.17. The molecular weight excluding hydrogens is 234 g/mol. The van der Waals surface area contributed by atoms with Crippen molar-refractivity contribution >= 4 is 16.5 Å². The zero-order valence-electron chi connectivity index (χ0n) is 9.72. The summed E-state index contributed by atoms with van der Waals surface area (Å²) in [5.74, 6) is 0.831. The Morgan fingerprint density at radius 2 is 2.06 bits per heavy atom. The van der Waals surface area contributed by atoms with Gasteiger partial charge in [-0.1, -0.05) is 30.0 Å². The van der Waals surface area contributed by atoms with Crippen molar-refractivity contribution in [3.8, 4) is 5.75 Å². The van der Waals surface area contributed by atoms with Crippen LogP contribution in [0.15, 0.2) is 24.3 Å². The van der Waals surface area contributed by atoms with E-state index in [1.807, 2.05) is 12.1 Å². The first-order chi connectivity index (χ1) is 8.29. The van der Waals surface area contributed by atoms with Crippen molar-refractivity contribution in [2.75, 3.05) is 5.73 Å². The van der Waals surface area contributed by atoms with Crippen LogP contribution in [0.3, 0.4) is 0 Å². The van der Waals surface area contributed by atoms with Gasteiger partial charge in [0.1, 0.15) is 23.1 Å². The van der Waals surface area contributed by atoms with Gasteiger partial charge in [-0.3, -0.25) is 0 Å². The maximum atomic E-state index is 5.68. The molecule has 0 amide bonds. The molecule has 0 spiro atoms. The van der Waals surface area contributed by atoms with Crippen LogP contribution in [0.4, 0.5) is 5.00 Å². The van der Waals surface area contributed by atoms with Crippen molar-refractivity contribution in [2.24, 2.45) is 0 Å². The van der Waals surface area contributed by atoms with E-state index in [4.69, 9.17) is 10.5 Å². The number of nitrogen functional groups attached to an aromatic ring is 1. The Morgan fingerprint density at radius 1 is 1.29 bits per heavy atom. The normalized spacial score (nSPS) is 10.4. The maximum Gasteiger partial charge on any atom is 0.136 e.